The molecule has 6 nitrogen and oxygen atoms in total. The fourth-order valence-corrected chi connectivity index (χ4v) is 2.59. The SMILES string of the molecule is O=C(O)CN(C(=O)NCCOCC1CC1)C1CCCC1. The lowest BCUT2D eigenvalue weighted by Crippen LogP contribution is -2.48. The third-order valence-electron chi connectivity index (χ3n) is 3.91. The molecule has 0 saturated heterocycles. The van der Waals surface area contributed by atoms with E-state index in [1.807, 2.05) is 0 Å². The molecule has 0 radical (unpaired) electrons. The lowest BCUT2D eigenvalue weighted by Gasteiger charge is -2.27. The summed E-state index contributed by atoms with van der Waals surface area (Å²) in [4.78, 5) is 24.4. The molecule has 114 valence electrons. The molecule has 0 heterocycles. The zero-order valence-corrected chi connectivity index (χ0v) is 11.8. The molecule has 2 fully saturated rings. The maximum Gasteiger partial charge on any atom is 0.323 e. The fraction of sp³-hybridized carbons (Fsp3) is 0.857. The van der Waals surface area contributed by atoms with Crippen LogP contribution >= 0.6 is 0 Å². The van der Waals surface area contributed by atoms with Crippen LogP contribution in [0, 0.1) is 5.92 Å². The van der Waals surface area contributed by atoms with Gasteiger partial charge in [0.25, 0.3) is 0 Å². The molecular formula is C14H24N2O4. The Kier molecular flexibility index (Phi) is 5.64. The number of hydrogen-bond acceptors (Lipinski definition) is 3. The molecule has 2 aliphatic carbocycles. The van der Waals surface area contributed by atoms with Gasteiger partial charge in [-0.3, -0.25) is 4.79 Å². The van der Waals surface area contributed by atoms with Crippen molar-refractivity contribution in [1.29, 1.82) is 0 Å². The first-order valence-corrected chi connectivity index (χ1v) is 7.51. The number of urea groups is 1. The first kappa shape index (κ1) is 15.1. The predicted octanol–water partition coefficient (Wildman–Crippen LogP) is 1.45. The van der Waals surface area contributed by atoms with Crippen molar-refractivity contribution in [2.75, 3.05) is 26.3 Å². The number of nitrogens with zero attached hydrogens (tertiary/aromatic N) is 1. The number of carboxylic acids is 1. The van der Waals surface area contributed by atoms with Crippen molar-refractivity contribution in [3.05, 3.63) is 0 Å². The minimum absolute atomic E-state index is 0.0680. The normalized spacial score (nSPS) is 19.0. The quantitative estimate of drug-likeness (QED) is 0.661. The first-order valence-electron chi connectivity index (χ1n) is 7.51. The average molecular weight is 284 g/mol. The Balaban J connectivity index is 1.68. The molecule has 0 bridgehead atoms. The van der Waals surface area contributed by atoms with E-state index in [-0.39, 0.29) is 18.6 Å². The predicted molar refractivity (Wildman–Crippen MR) is 73.5 cm³/mol. The van der Waals surface area contributed by atoms with Gasteiger partial charge in [0.05, 0.1) is 6.61 Å². The summed E-state index contributed by atoms with van der Waals surface area (Å²) in [5.74, 6) is -0.246. The van der Waals surface area contributed by atoms with Gasteiger partial charge in [0.15, 0.2) is 0 Å². The van der Waals surface area contributed by atoms with Gasteiger partial charge in [0, 0.05) is 19.2 Å². The van der Waals surface area contributed by atoms with Crippen LogP contribution in [0.15, 0.2) is 0 Å². The number of carbonyl (C=O) groups is 2. The van der Waals surface area contributed by atoms with Crippen LogP contribution < -0.4 is 5.32 Å². The van der Waals surface area contributed by atoms with E-state index in [0.717, 1.165) is 32.3 Å². The lowest BCUT2D eigenvalue weighted by molar-refractivity contribution is -0.138. The summed E-state index contributed by atoms with van der Waals surface area (Å²) in [5, 5.41) is 11.7. The molecule has 2 rings (SSSR count). The van der Waals surface area contributed by atoms with Crippen molar-refractivity contribution in [3.8, 4) is 0 Å². The van der Waals surface area contributed by atoms with Crippen LogP contribution in [0.5, 0.6) is 0 Å². The van der Waals surface area contributed by atoms with Crippen molar-refractivity contribution >= 4 is 12.0 Å². The van der Waals surface area contributed by atoms with Crippen molar-refractivity contribution in [2.24, 2.45) is 5.92 Å². The molecule has 20 heavy (non-hydrogen) atoms. The highest BCUT2D eigenvalue weighted by molar-refractivity contribution is 5.80. The molecule has 0 aromatic heterocycles. The molecule has 2 aliphatic rings. The van der Waals surface area contributed by atoms with Crippen LogP contribution in [0.4, 0.5) is 4.79 Å². The van der Waals surface area contributed by atoms with E-state index in [1.54, 1.807) is 0 Å². The van der Waals surface area contributed by atoms with Gasteiger partial charge >= 0.3 is 12.0 Å². The Labute approximate surface area is 119 Å². The van der Waals surface area contributed by atoms with Crippen LogP contribution in [0.25, 0.3) is 0 Å². The third kappa shape index (κ3) is 5.00. The van der Waals surface area contributed by atoms with E-state index in [1.165, 1.54) is 17.7 Å². The van der Waals surface area contributed by atoms with E-state index in [0.29, 0.717) is 19.1 Å². The number of carboxylic acid groups (broad SMARTS) is 1. The van der Waals surface area contributed by atoms with Crippen LogP contribution in [-0.2, 0) is 9.53 Å². The van der Waals surface area contributed by atoms with E-state index >= 15 is 0 Å². The van der Waals surface area contributed by atoms with Crippen LogP contribution in [0.2, 0.25) is 0 Å². The number of aliphatic carboxylic acids is 1. The highest BCUT2D eigenvalue weighted by Gasteiger charge is 2.28. The highest BCUT2D eigenvalue weighted by Crippen LogP contribution is 2.28. The van der Waals surface area contributed by atoms with Gasteiger partial charge in [-0.25, -0.2) is 4.79 Å². The Hall–Kier alpha value is -1.30. The Morgan fingerprint density at radius 3 is 2.50 bits per heavy atom. The summed E-state index contributed by atoms with van der Waals surface area (Å²) >= 11 is 0. The van der Waals surface area contributed by atoms with Gasteiger partial charge in [0.2, 0.25) is 0 Å². The monoisotopic (exact) mass is 284 g/mol. The van der Waals surface area contributed by atoms with Gasteiger partial charge < -0.3 is 20.1 Å². The number of carbonyl (C=O) groups excluding carboxylic acids is 1. The fourth-order valence-electron chi connectivity index (χ4n) is 2.59. The van der Waals surface area contributed by atoms with Gasteiger partial charge in [-0.1, -0.05) is 12.8 Å². The second-order valence-corrected chi connectivity index (χ2v) is 5.71. The number of hydrogen-bond donors (Lipinski definition) is 2. The molecule has 2 amide bonds. The number of ether oxygens (including phenoxy) is 1. The standard InChI is InChI=1S/C14H24N2O4/c17-13(18)9-16(12-3-1-2-4-12)14(19)15-7-8-20-10-11-5-6-11/h11-12H,1-10H2,(H,15,19)(H,17,18). The molecule has 6 heteroatoms. The maximum atomic E-state index is 12.1. The number of amides is 2. The van der Waals surface area contributed by atoms with E-state index < -0.39 is 5.97 Å². The summed E-state index contributed by atoms with van der Waals surface area (Å²) in [6, 6.07) is -0.215. The average Bonchev–Trinajstić information content (AvgIpc) is 3.07. The molecule has 0 aromatic rings. The van der Waals surface area contributed by atoms with E-state index in [4.69, 9.17) is 9.84 Å². The smallest absolute Gasteiger partial charge is 0.323 e. The van der Waals surface area contributed by atoms with E-state index in [9.17, 15) is 9.59 Å². The summed E-state index contributed by atoms with van der Waals surface area (Å²) < 4.78 is 5.44. The third-order valence-corrected chi connectivity index (χ3v) is 3.91. The molecule has 0 aromatic carbocycles. The van der Waals surface area contributed by atoms with Crippen molar-refractivity contribution < 1.29 is 19.4 Å². The van der Waals surface area contributed by atoms with Gasteiger partial charge in [0.1, 0.15) is 6.54 Å². The zero-order valence-electron chi connectivity index (χ0n) is 11.8. The number of nitrogens with one attached hydrogen (secondary N) is 1. The second-order valence-electron chi connectivity index (χ2n) is 5.71. The molecule has 0 atom stereocenters. The topological polar surface area (TPSA) is 78.9 Å². The summed E-state index contributed by atoms with van der Waals surface area (Å²) in [6.45, 7) is 1.49. The summed E-state index contributed by atoms with van der Waals surface area (Å²) in [6.07, 6.45) is 6.44. The highest BCUT2D eigenvalue weighted by atomic mass is 16.5. The van der Waals surface area contributed by atoms with Crippen LogP contribution in [-0.4, -0.2) is 54.4 Å². The molecule has 2 N–H and O–H groups in total. The molecule has 0 aliphatic heterocycles. The Morgan fingerprint density at radius 1 is 1.20 bits per heavy atom. The second kappa shape index (κ2) is 7.47. The minimum atomic E-state index is -0.961. The van der Waals surface area contributed by atoms with Crippen molar-refractivity contribution in [1.82, 2.24) is 10.2 Å². The minimum Gasteiger partial charge on any atom is -0.480 e. The maximum absolute atomic E-state index is 12.1. The Bertz CT molecular complexity index is 338. The molecule has 0 unspecified atom stereocenters. The van der Waals surface area contributed by atoms with E-state index in [2.05, 4.69) is 5.32 Å². The number of rotatable bonds is 8. The first-order chi connectivity index (χ1) is 9.66. The molecule has 2 saturated carbocycles. The Morgan fingerprint density at radius 2 is 1.90 bits per heavy atom. The van der Waals surface area contributed by atoms with Crippen molar-refractivity contribution in [2.45, 2.75) is 44.6 Å². The van der Waals surface area contributed by atoms with Gasteiger partial charge in [-0.2, -0.15) is 0 Å². The zero-order chi connectivity index (χ0) is 14.4. The lowest BCUT2D eigenvalue weighted by atomic mass is 10.2. The summed E-state index contributed by atoms with van der Waals surface area (Å²) in [5.41, 5.74) is 0. The van der Waals surface area contributed by atoms with Crippen LogP contribution in [0.1, 0.15) is 38.5 Å². The van der Waals surface area contributed by atoms with Gasteiger partial charge in [-0.05, 0) is 31.6 Å². The summed E-state index contributed by atoms with van der Waals surface area (Å²) in [7, 11) is 0. The van der Waals surface area contributed by atoms with Crippen LogP contribution in [0.3, 0.4) is 0 Å². The van der Waals surface area contributed by atoms with Crippen molar-refractivity contribution in [3.63, 3.8) is 0 Å². The molecule has 0 spiro atoms. The van der Waals surface area contributed by atoms with Gasteiger partial charge in [-0.15, -0.1) is 0 Å². The molecular weight excluding hydrogens is 260 g/mol. The largest absolute Gasteiger partial charge is 0.480 e.